The normalized spacial score (nSPS) is 14.9. The van der Waals surface area contributed by atoms with Crippen LogP contribution < -0.4 is 10.1 Å². The largest absolute Gasteiger partial charge is 0.492 e. The molecule has 1 N–H and O–H groups in total. The molecular formula is C25H28N2O4S. The fourth-order valence-corrected chi connectivity index (χ4v) is 5.49. The zero-order valence-corrected chi connectivity index (χ0v) is 19.0. The molecule has 168 valence electrons. The number of amides is 1. The van der Waals surface area contributed by atoms with Crippen molar-refractivity contribution in [3.05, 3.63) is 71.8 Å². The summed E-state index contributed by atoms with van der Waals surface area (Å²) in [5, 5.41) is 5.07. The monoisotopic (exact) mass is 452 g/mol. The molecule has 0 aliphatic carbocycles. The minimum Gasteiger partial charge on any atom is -0.492 e. The van der Waals surface area contributed by atoms with Gasteiger partial charge in [0.05, 0.1) is 11.4 Å². The van der Waals surface area contributed by atoms with Crippen molar-refractivity contribution in [3.63, 3.8) is 0 Å². The second kappa shape index (κ2) is 9.71. The summed E-state index contributed by atoms with van der Waals surface area (Å²) in [6.45, 7) is 3.49. The summed E-state index contributed by atoms with van der Waals surface area (Å²) < 4.78 is 33.2. The van der Waals surface area contributed by atoms with E-state index in [0.29, 0.717) is 31.8 Å². The lowest BCUT2D eigenvalue weighted by Crippen LogP contribution is -2.36. The molecule has 1 fully saturated rings. The highest BCUT2D eigenvalue weighted by atomic mass is 32.2. The lowest BCUT2D eigenvalue weighted by Gasteiger charge is -2.26. The van der Waals surface area contributed by atoms with E-state index < -0.39 is 10.0 Å². The highest BCUT2D eigenvalue weighted by Crippen LogP contribution is 2.23. The van der Waals surface area contributed by atoms with Crippen molar-refractivity contribution < 1.29 is 17.9 Å². The van der Waals surface area contributed by atoms with Crippen LogP contribution in [0.1, 0.15) is 35.2 Å². The molecule has 3 aromatic rings. The van der Waals surface area contributed by atoms with E-state index in [1.54, 1.807) is 19.1 Å². The summed E-state index contributed by atoms with van der Waals surface area (Å²) in [6, 6.07) is 18.7. The van der Waals surface area contributed by atoms with Gasteiger partial charge in [-0.15, -0.1) is 0 Å². The molecule has 0 spiro atoms. The van der Waals surface area contributed by atoms with Crippen LogP contribution in [-0.2, 0) is 10.0 Å². The minimum absolute atomic E-state index is 0.169. The van der Waals surface area contributed by atoms with Gasteiger partial charge in [-0.3, -0.25) is 4.79 Å². The molecule has 0 bridgehead atoms. The molecule has 0 atom stereocenters. The van der Waals surface area contributed by atoms with E-state index in [-0.39, 0.29) is 10.8 Å². The second-order valence-electron chi connectivity index (χ2n) is 8.05. The molecule has 0 radical (unpaired) electrons. The van der Waals surface area contributed by atoms with E-state index in [4.69, 9.17) is 4.74 Å². The van der Waals surface area contributed by atoms with E-state index >= 15 is 0 Å². The first-order valence-electron chi connectivity index (χ1n) is 11.0. The molecule has 0 saturated carbocycles. The van der Waals surface area contributed by atoms with Crippen molar-refractivity contribution in [2.24, 2.45) is 0 Å². The number of carbonyl (C=O) groups excluding carboxylic acids is 1. The number of fused-ring (bicyclic) bond motifs is 1. The summed E-state index contributed by atoms with van der Waals surface area (Å²) >= 11 is 0. The molecule has 0 aromatic heterocycles. The first kappa shape index (κ1) is 22.3. The summed E-state index contributed by atoms with van der Waals surface area (Å²) in [4.78, 5) is 12.9. The van der Waals surface area contributed by atoms with Gasteiger partial charge < -0.3 is 10.1 Å². The minimum atomic E-state index is -3.59. The fraction of sp³-hybridized carbons (Fsp3) is 0.320. The van der Waals surface area contributed by atoms with Gasteiger partial charge in [0.2, 0.25) is 10.0 Å². The standard InChI is InChI=1S/C25H28N2O4S/c1-19-9-12-23(32(29,30)27-14-5-2-6-15-27)18-24(19)25(28)26-13-16-31-22-11-10-20-7-3-4-8-21(20)17-22/h3-4,7-12,17-18H,2,5-6,13-16H2,1H3,(H,26,28). The molecule has 0 unspecified atom stereocenters. The van der Waals surface area contributed by atoms with Crippen molar-refractivity contribution >= 4 is 26.7 Å². The Hall–Kier alpha value is -2.90. The van der Waals surface area contributed by atoms with Gasteiger partial charge in [0.1, 0.15) is 12.4 Å². The van der Waals surface area contributed by atoms with Gasteiger partial charge in [0.25, 0.3) is 5.91 Å². The van der Waals surface area contributed by atoms with Crippen LogP contribution >= 0.6 is 0 Å². The van der Waals surface area contributed by atoms with Crippen LogP contribution in [0.3, 0.4) is 0 Å². The van der Waals surface area contributed by atoms with Crippen molar-refractivity contribution in [1.29, 1.82) is 0 Å². The second-order valence-corrected chi connectivity index (χ2v) is 9.99. The molecule has 1 aliphatic heterocycles. The molecule has 4 rings (SSSR count). The smallest absolute Gasteiger partial charge is 0.251 e. The van der Waals surface area contributed by atoms with Gasteiger partial charge in [-0.1, -0.05) is 42.8 Å². The number of rotatable bonds is 7. The number of benzene rings is 3. The Morgan fingerprint density at radius 3 is 2.50 bits per heavy atom. The maximum atomic E-state index is 13.0. The van der Waals surface area contributed by atoms with Gasteiger partial charge in [-0.2, -0.15) is 4.31 Å². The zero-order chi connectivity index (χ0) is 22.6. The Morgan fingerprint density at radius 2 is 1.72 bits per heavy atom. The number of sulfonamides is 1. The molecule has 32 heavy (non-hydrogen) atoms. The number of ether oxygens (including phenoxy) is 1. The summed E-state index contributed by atoms with van der Waals surface area (Å²) in [5.41, 5.74) is 1.10. The molecule has 6 nitrogen and oxygen atoms in total. The van der Waals surface area contributed by atoms with Crippen LogP contribution in [0.2, 0.25) is 0 Å². The predicted octanol–water partition coefficient (Wildman–Crippen LogP) is 4.13. The lowest BCUT2D eigenvalue weighted by molar-refractivity contribution is 0.0946. The molecule has 1 saturated heterocycles. The Bertz CT molecular complexity index is 1220. The number of nitrogens with zero attached hydrogens (tertiary/aromatic N) is 1. The zero-order valence-electron chi connectivity index (χ0n) is 18.2. The van der Waals surface area contributed by atoms with Crippen LogP contribution in [0.25, 0.3) is 10.8 Å². The third-order valence-corrected chi connectivity index (χ3v) is 7.68. The van der Waals surface area contributed by atoms with Crippen molar-refractivity contribution in [3.8, 4) is 5.75 Å². The lowest BCUT2D eigenvalue weighted by atomic mass is 10.1. The number of hydrogen-bond donors (Lipinski definition) is 1. The summed E-state index contributed by atoms with van der Waals surface area (Å²) in [6.07, 6.45) is 2.79. The number of hydrogen-bond acceptors (Lipinski definition) is 4. The van der Waals surface area contributed by atoms with Crippen molar-refractivity contribution in [2.75, 3.05) is 26.2 Å². The van der Waals surface area contributed by atoms with Crippen molar-refractivity contribution in [1.82, 2.24) is 9.62 Å². The van der Waals surface area contributed by atoms with Crippen LogP contribution in [0.5, 0.6) is 5.75 Å². The molecule has 1 aliphatic rings. The number of piperidine rings is 1. The first-order valence-corrected chi connectivity index (χ1v) is 12.4. The molecular weight excluding hydrogens is 424 g/mol. The number of carbonyl (C=O) groups is 1. The third kappa shape index (κ3) is 4.95. The SMILES string of the molecule is Cc1ccc(S(=O)(=O)N2CCCCC2)cc1C(=O)NCCOc1ccc2ccccc2c1. The Labute approximate surface area is 189 Å². The average molecular weight is 453 g/mol. The van der Waals surface area contributed by atoms with Gasteiger partial charge in [-0.05, 0) is 60.4 Å². The van der Waals surface area contributed by atoms with E-state index in [9.17, 15) is 13.2 Å². The maximum Gasteiger partial charge on any atom is 0.251 e. The van der Waals surface area contributed by atoms with Gasteiger partial charge >= 0.3 is 0 Å². The Kier molecular flexibility index (Phi) is 6.77. The number of aryl methyl sites for hydroxylation is 1. The number of nitrogens with one attached hydrogen (secondary N) is 1. The Morgan fingerprint density at radius 1 is 0.969 bits per heavy atom. The predicted molar refractivity (Wildman–Crippen MR) is 126 cm³/mol. The van der Waals surface area contributed by atoms with E-state index in [1.165, 1.54) is 10.4 Å². The van der Waals surface area contributed by atoms with E-state index in [0.717, 1.165) is 41.3 Å². The molecule has 3 aromatic carbocycles. The van der Waals surface area contributed by atoms with Gasteiger partial charge in [-0.25, -0.2) is 8.42 Å². The van der Waals surface area contributed by atoms with Crippen molar-refractivity contribution in [2.45, 2.75) is 31.1 Å². The average Bonchev–Trinajstić information content (AvgIpc) is 2.82. The van der Waals surface area contributed by atoms with Crippen LogP contribution in [0.15, 0.2) is 65.6 Å². The fourth-order valence-electron chi connectivity index (χ4n) is 3.95. The van der Waals surface area contributed by atoms with Gasteiger partial charge in [0.15, 0.2) is 0 Å². The topological polar surface area (TPSA) is 75.7 Å². The highest BCUT2D eigenvalue weighted by molar-refractivity contribution is 7.89. The molecule has 7 heteroatoms. The third-order valence-electron chi connectivity index (χ3n) is 5.78. The first-order chi connectivity index (χ1) is 15.4. The van der Waals surface area contributed by atoms with Crippen LogP contribution in [-0.4, -0.2) is 44.9 Å². The van der Waals surface area contributed by atoms with Crippen LogP contribution in [0.4, 0.5) is 0 Å². The van der Waals surface area contributed by atoms with Crippen LogP contribution in [0, 0.1) is 6.92 Å². The molecule has 1 heterocycles. The van der Waals surface area contributed by atoms with Gasteiger partial charge in [0, 0.05) is 18.7 Å². The quantitative estimate of drug-likeness (QED) is 0.547. The van der Waals surface area contributed by atoms with E-state index in [1.807, 2.05) is 42.5 Å². The maximum absolute atomic E-state index is 13.0. The van der Waals surface area contributed by atoms with E-state index in [2.05, 4.69) is 5.32 Å². The Balaban J connectivity index is 1.37. The summed E-state index contributed by atoms with van der Waals surface area (Å²) in [5.74, 6) is 0.434. The highest BCUT2D eigenvalue weighted by Gasteiger charge is 2.27. The molecule has 1 amide bonds. The summed E-state index contributed by atoms with van der Waals surface area (Å²) in [7, 11) is -3.59.